The van der Waals surface area contributed by atoms with Crippen LogP contribution in [0, 0.1) is 24.0 Å². The third-order valence-electron chi connectivity index (χ3n) is 4.95. The van der Waals surface area contributed by atoms with E-state index >= 15 is 0 Å². The van der Waals surface area contributed by atoms with Gasteiger partial charge in [-0.15, -0.1) is 0 Å². The monoisotopic (exact) mass is 410 g/mol. The fourth-order valence-corrected chi connectivity index (χ4v) is 4.72. The molecule has 0 saturated carbocycles. The maximum atomic E-state index is 12.9. The number of nitro groups is 1. The minimum absolute atomic E-state index is 0.0723. The van der Waals surface area contributed by atoms with Gasteiger partial charge in [0.25, 0.3) is 5.69 Å². The molecule has 0 bridgehead atoms. The molecule has 3 aromatic rings. The number of nitrogens with one attached hydrogen (secondary N) is 1. The molecule has 0 saturated heterocycles. The Bertz CT molecular complexity index is 1140. The van der Waals surface area contributed by atoms with Crippen molar-refractivity contribution >= 4 is 15.7 Å². The quantitative estimate of drug-likeness (QED) is 0.461. The van der Waals surface area contributed by atoms with Crippen LogP contribution in [0.5, 0.6) is 0 Å². The SMILES string of the molecule is Cc1cc([N+](=O)[O-])cc(S(=O)(=O)N[C@H](C)c2ccc(-c3ccccc3)cc2)c1C. The predicted molar refractivity (Wildman–Crippen MR) is 113 cm³/mol. The maximum absolute atomic E-state index is 12.9. The zero-order valence-electron chi connectivity index (χ0n) is 16.4. The highest BCUT2D eigenvalue weighted by Crippen LogP contribution is 2.27. The molecule has 0 unspecified atom stereocenters. The minimum atomic E-state index is -3.93. The van der Waals surface area contributed by atoms with E-state index in [1.807, 2.05) is 54.6 Å². The molecule has 1 atom stereocenters. The van der Waals surface area contributed by atoms with Gasteiger partial charge in [0.2, 0.25) is 10.0 Å². The second-order valence-electron chi connectivity index (χ2n) is 6.97. The summed E-state index contributed by atoms with van der Waals surface area (Å²) in [5, 5.41) is 11.1. The minimum Gasteiger partial charge on any atom is -0.258 e. The molecule has 150 valence electrons. The molecule has 1 N–H and O–H groups in total. The molecule has 0 heterocycles. The summed E-state index contributed by atoms with van der Waals surface area (Å²) in [5.74, 6) is 0. The van der Waals surface area contributed by atoms with Gasteiger partial charge in [-0.25, -0.2) is 13.1 Å². The van der Waals surface area contributed by atoms with Gasteiger partial charge >= 0.3 is 0 Å². The Morgan fingerprint density at radius 1 is 0.931 bits per heavy atom. The first-order valence-electron chi connectivity index (χ1n) is 9.12. The number of benzene rings is 3. The normalized spacial score (nSPS) is 12.5. The molecule has 0 aliphatic carbocycles. The molecule has 0 aliphatic heterocycles. The first-order valence-corrected chi connectivity index (χ1v) is 10.6. The maximum Gasteiger partial charge on any atom is 0.271 e. The second-order valence-corrected chi connectivity index (χ2v) is 8.66. The van der Waals surface area contributed by atoms with Crippen LogP contribution in [0.4, 0.5) is 5.69 Å². The van der Waals surface area contributed by atoms with Crippen molar-refractivity contribution in [3.8, 4) is 11.1 Å². The molecule has 3 rings (SSSR count). The number of hydrogen-bond acceptors (Lipinski definition) is 4. The van der Waals surface area contributed by atoms with Gasteiger partial charge in [0.1, 0.15) is 0 Å². The Balaban J connectivity index is 1.86. The molecule has 0 spiro atoms. The summed E-state index contributed by atoms with van der Waals surface area (Å²) in [7, 11) is -3.93. The molecule has 0 fully saturated rings. The lowest BCUT2D eigenvalue weighted by molar-refractivity contribution is -0.385. The number of hydrogen-bond donors (Lipinski definition) is 1. The van der Waals surface area contributed by atoms with Gasteiger partial charge in [-0.3, -0.25) is 10.1 Å². The fraction of sp³-hybridized carbons (Fsp3) is 0.182. The summed E-state index contributed by atoms with van der Waals surface area (Å²) in [4.78, 5) is 10.5. The third-order valence-corrected chi connectivity index (χ3v) is 6.62. The van der Waals surface area contributed by atoms with Crippen LogP contribution in [0.25, 0.3) is 11.1 Å². The third kappa shape index (κ3) is 4.52. The molecule has 0 radical (unpaired) electrons. The van der Waals surface area contributed by atoms with Crippen molar-refractivity contribution in [2.24, 2.45) is 0 Å². The van der Waals surface area contributed by atoms with Crippen LogP contribution in [0.2, 0.25) is 0 Å². The van der Waals surface area contributed by atoms with Crippen LogP contribution in [-0.4, -0.2) is 13.3 Å². The zero-order valence-corrected chi connectivity index (χ0v) is 17.2. The van der Waals surface area contributed by atoms with Crippen molar-refractivity contribution in [1.82, 2.24) is 4.72 Å². The molecule has 0 aromatic heterocycles. The van der Waals surface area contributed by atoms with Gasteiger partial charge in [-0.2, -0.15) is 0 Å². The summed E-state index contributed by atoms with van der Waals surface area (Å²) in [6.07, 6.45) is 0. The summed E-state index contributed by atoms with van der Waals surface area (Å²) in [6, 6.07) is 19.5. The van der Waals surface area contributed by atoms with E-state index in [0.717, 1.165) is 22.8 Å². The molecular formula is C22H22N2O4S. The lowest BCUT2D eigenvalue weighted by atomic mass is 10.0. The average Bonchev–Trinajstić information content (AvgIpc) is 2.70. The number of non-ortho nitro benzene ring substituents is 1. The van der Waals surface area contributed by atoms with Crippen LogP contribution >= 0.6 is 0 Å². The van der Waals surface area contributed by atoms with Crippen LogP contribution in [0.1, 0.15) is 29.7 Å². The van der Waals surface area contributed by atoms with Crippen LogP contribution in [0.15, 0.2) is 71.6 Å². The zero-order chi connectivity index (χ0) is 21.2. The summed E-state index contributed by atoms with van der Waals surface area (Å²) >= 11 is 0. The van der Waals surface area contributed by atoms with Gasteiger partial charge in [0, 0.05) is 18.2 Å². The molecule has 0 amide bonds. The molecule has 3 aromatic carbocycles. The summed E-state index contributed by atoms with van der Waals surface area (Å²) in [6.45, 7) is 5.05. The molecule has 6 nitrogen and oxygen atoms in total. The summed E-state index contributed by atoms with van der Waals surface area (Å²) in [5.41, 5.74) is 3.72. The predicted octanol–water partition coefficient (Wildman–Crippen LogP) is 4.92. The number of aryl methyl sites for hydroxylation is 1. The average molecular weight is 410 g/mol. The van der Waals surface area contributed by atoms with E-state index in [9.17, 15) is 18.5 Å². The largest absolute Gasteiger partial charge is 0.271 e. The van der Waals surface area contributed by atoms with E-state index in [4.69, 9.17) is 0 Å². The van der Waals surface area contributed by atoms with Crippen molar-refractivity contribution in [1.29, 1.82) is 0 Å². The van der Waals surface area contributed by atoms with E-state index in [2.05, 4.69) is 4.72 Å². The Morgan fingerprint density at radius 2 is 1.52 bits per heavy atom. The van der Waals surface area contributed by atoms with Gasteiger partial charge in [-0.05, 0) is 48.6 Å². The van der Waals surface area contributed by atoms with E-state index in [0.29, 0.717) is 11.1 Å². The Morgan fingerprint density at radius 3 is 2.10 bits per heavy atom. The lowest BCUT2D eigenvalue weighted by Crippen LogP contribution is -2.27. The topological polar surface area (TPSA) is 89.3 Å². The van der Waals surface area contributed by atoms with Gasteiger partial charge < -0.3 is 0 Å². The molecule has 29 heavy (non-hydrogen) atoms. The van der Waals surface area contributed by atoms with Crippen molar-refractivity contribution in [3.05, 3.63) is 93.5 Å². The van der Waals surface area contributed by atoms with E-state index in [1.165, 1.54) is 6.07 Å². The highest BCUT2D eigenvalue weighted by molar-refractivity contribution is 7.89. The fourth-order valence-electron chi connectivity index (χ4n) is 3.15. The summed E-state index contributed by atoms with van der Waals surface area (Å²) < 4.78 is 28.5. The second kappa shape index (κ2) is 8.14. The van der Waals surface area contributed by atoms with E-state index in [1.54, 1.807) is 20.8 Å². The highest BCUT2D eigenvalue weighted by atomic mass is 32.2. The lowest BCUT2D eigenvalue weighted by Gasteiger charge is -2.17. The number of nitro benzene ring substituents is 1. The van der Waals surface area contributed by atoms with E-state index < -0.39 is 21.0 Å². The van der Waals surface area contributed by atoms with Gasteiger partial charge in [-0.1, -0.05) is 54.6 Å². The Kier molecular flexibility index (Phi) is 5.81. The smallest absolute Gasteiger partial charge is 0.258 e. The van der Waals surface area contributed by atoms with Crippen LogP contribution in [-0.2, 0) is 10.0 Å². The Hall–Kier alpha value is -3.03. The van der Waals surface area contributed by atoms with Crippen LogP contribution in [0.3, 0.4) is 0 Å². The first-order chi connectivity index (χ1) is 13.7. The molecule has 0 aliphatic rings. The van der Waals surface area contributed by atoms with Gasteiger partial charge in [0.05, 0.1) is 9.82 Å². The first kappa shape index (κ1) is 20.7. The van der Waals surface area contributed by atoms with Crippen molar-refractivity contribution in [3.63, 3.8) is 0 Å². The number of rotatable bonds is 6. The molecular weight excluding hydrogens is 388 g/mol. The van der Waals surface area contributed by atoms with Crippen LogP contribution < -0.4 is 4.72 Å². The standard InChI is InChI=1S/C22H22N2O4S/c1-15-13-21(24(25)26)14-22(16(15)2)29(27,28)23-17(3)18-9-11-20(12-10-18)19-7-5-4-6-8-19/h4-14,17,23H,1-3H3/t17-/m1/s1. The molecule has 7 heteroatoms. The van der Waals surface area contributed by atoms with Crippen molar-refractivity contribution in [2.45, 2.75) is 31.7 Å². The Labute approximate surface area is 170 Å². The van der Waals surface area contributed by atoms with Crippen molar-refractivity contribution < 1.29 is 13.3 Å². The van der Waals surface area contributed by atoms with E-state index in [-0.39, 0.29) is 10.6 Å². The van der Waals surface area contributed by atoms with Crippen molar-refractivity contribution in [2.75, 3.05) is 0 Å². The highest BCUT2D eigenvalue weighted by Gasteiger charge is 2.24. The number of nitrogens with zero attached hydrogens (tertiary/aromatic N) is 1. The number of sulfonamides is 1. The van der Waals surface area contributed by atoms with Gasteiger partial charge in [0.15, 0.2) is 0 Å².